The molecule has 0 aliphatic rings. The fourth-order valence-electron chi connectivity index (χ4n) is 1.05. The van der Waals surface area contributed by atoms with Gasteiger partial charge in [-0.05, 0) is 6.07 Å². The van der Waals surface area contributed by atoms with Crippen LogP contribution in [0.25, 0.3) is 0 Å². The Morgan fingerprint density at radius 3 is 3.00 bits per heavy atom. The number of ketones is 1. The van der Waals surface area contributed by atoms with Crippen molar-refractivity contribution in [2.24, 2.45) is 7.05 Å². The van der Waals surface area contributed by atoms with Gasteiger partial charge in [0.15, 0.2) is 5.82 Å². The summed E-state index contributed by atoms with van der Waals surface area (Å²) in [5.41, 5.74) is 0.400. The number of hydrogen-bond donors (Lipinski definition) is 1. The van der Waals surface area contributed by atoms with Gasteiger partial charge in [0.2, 0.25) is 5.78 Å². The van der Waals surface area contributed by atoms with Crippen LogP contribution in [0.4, 0.5) is 0 Å². The number of H-pyrrole nitrogens is 1. The zero-order valence-corrected chi connectivity index (χ0v) is 7.06. The second-order valence-electron chi connectivity index (χ2n) is 2.64. The summed E-state index contributed by atoms with van der Waals surface area (Å²) in [5, 5.41) is 3.97. The fourth-order valence-corrected chi connectivity index (χ4v) is 1.05. The molecule has 2 aromatic heterocycles. The first kappa shape index (κ1) is 7.72. The number of aryl methyl sites for hydroxylation is 1. The summed E-state index contributed by atoms with van der Waals surface area (Å²) < 4.78 is 1.58. The van der Waals surface area contributed by atoms with Gasteiger partial charge < -0.3 is 4.98 Å². The van der Waals surface area contributed by atoms with Gasteiger partial charge in [0.05, 0.1) is 0 Å². The van der Waals surface area contributed by atoms with E-state index in [1.807, 2.05) is 0 Å². The summed E-state index contributed by atoms with van der Waals surface area (Å²) in [7, 11) is 1.76. The molecule has 2 heterocycles. The van der Waals surface area contributed by atoms with E-state index in [9.17, 15) is 4.79 Å². The molecule has 0 saturated carbocycles. The Balaban J connectivity index is 2.33. The number of aromatic amines is 1. The topological polar surface area (TPSA) is 63.6 Å². The van der Waals surface area contributed by atoms with Crippen LogP contribution in [0.15, 0.2) is 24.7 Å². The van der Waals surface area contributed by atoms with Crippen molar-refractivity contribution in [2.75, 3.05) is 0 Å². The number of carbonyl (C=O) groups excluding carboxylic acids is 1. The van der Waals surface area contributed by atoms with Crippen LogP contribution in [0, 0.1) is 0 Å². The van der Waals surface area contributed by atoms with Gasteiger partial charge >= 0.3 is 0 Å². The maximum atomic E-state index is 11.6. The van der Waals surface area contributed by atoms with Crippen LogP contribution >= 0.6 is 0 Å². The van der Waals surface area contributed by atoms with Gasteiger partial charge in [-0.15, -0.1) is 0 Å². The molecule has 0 aromatic carbocycles. The molecule has 13 heavy (non-hydrogen) atoms. The van der Waals surface area contributed by atoms with Crippen molar-refractivity contribution in [1.82, 2.24) is 19.7 Å². The van der Waals surface area contributed by atoms with Crippen LogP contribution in [0.1, 0.15) is 16.3 Å². The lowest BCUT2D eigenvalue weighted by Gasteiger charge is -1.90. The summed E-state index contributed by atoms with van der Waals surface area (Å²) in [6.45, 7) is 0. The predicted molar refractivity (Wildman–Crippen MR) is 45.2 cm³/mol. The summed E-state index contributed by atoms with van der Waals surface area (Å²) in [5.74, 6) is 0.129. The fraction of sp³-hybridized carbons (Fsp3) is 0.125. The summed E-state index contributed by atoms with van der Waals surface area (Å²) in [4.78, 5) is 18.1. The first-order valence-electron chi connectivity index (χ1n) is 3.81. The van der Waals surface area contributed by atoms with E-state index in [0.29, 0.717) is 11.5 Å². The normalized spacial score (nSPS) is 10.2. The molecule has 0 radical (unpaired) electrons. The molecular weight excluding hydrogens is 168 g/mol. The molecule has 2 rings (SSSR count). The Morgan fingerprint density at radius 2 is 2.46 bits per heavy atom. The molecule has 0 saturated heterocycles. The Morgan fingerprint density at radius 1 is 1.62 bits per heavy atom. The quantitative estimate of drug-likeness (QED) is 0.672. The Labute approximate surface area is 74.4 Å². The van der Waals surface area contributed by atoms with Gasteiger partial charge in [-0.3, -0.25) is 9.48 Å². The van der Waals surface area contributed by atoms with E-state index in [2.05, 4.69) is 15.1 Å². The Hall–Kier alpha value is -1.91. The van der Waals surface area contributed by atoms with Crippen molar-refractivity contribution in [3.05, 3.63) is 36.2 Å². The standard InChI is InChI=1S/C8H8N4O/c1-12-5-2-6(11-12)7(13)8-9-3-4-10-8/h2-5H,1H3,(H,9,10). The van der Waals surface area contributed by atoms with E-state index in [0.717, 1.165) is 0 Å². The molecule has 0 amide bonds. The minimum atomic E-state index is -0.189. The van der Waals surface area contributed by atoms with Crippen molar-refractivity contribution in [1.29, 1.82) is 0 Å². The highest BCUT2D eigenvalue weighted by Crippen LogP contribution is 2.01. The third-order valence-corrected chi connectivity index (χ3v) is 1.66. The average molecular weight is 176 g/mol. The molecule has 2 aromatic rings. The number of hydrogen-bond acceptors (Lipinski definition) is 3. The average Bonchev–Trinajstić information content (AvgIpc) is 2.72. The smallest absolute Gasteiger partial charge is 0.248 e. The highest BCUT2D eigenvalue weighted by atomic mass is 16.1. The van der Waals surface area contributed by atoms with Crippen LogP contribution in [0.3, 0.4) is 0 Å². The van der Waals surface area contributed by atoms with E-state index >= 15 is 0 Å². The Bertz CT molecular complexity index is 415. The molecule has 0 aliphatic heterocycles. The predicted octanol–water partition coefficient (Wildman–Crippen LogP) is 0.374. The van der Waals surface area contributed by atoms with E-state index in [1.54, 1.807) is 30.2 Å². The zero-order chi connectivity index (χ0) is 9.26. The van der Waals surface area contributed by atoms with E-state index in [-0.39, 0.29) is 5.78 Å². The van der Waals surface area contributed by atoms with Crippen LogP contribution in [-0.2, 0) is 7.05 Å². The van der Waals surface area contributed by atoms with Crippen molar-refractivity contribution >= 4 is 5.78 Å². The van der Waals surface area contributed by atoms with Crippen molar-refractivity contribution in [3.8, 4) is 0 Å². The number of carbonyl (C=O) groups is 1. The van der Waals surface area contributed by atoms with Gasteiger partial charge in [-0.1, -0.05) is 0 Å². The lowest BCUT2D eigenvalue weighted by Crippen LogP contribution is -2.05. The number of nitrogens with zero attached hydrogens (tertiary/aromatic N) is 3. The monoisotopic (exact) mass is 176 g/mol. The molecule has 5 heteroatoms. The second-order valence-corrected chi connectivity index (χ2v) is 2.64. The van der Waals surface area contributed by atoms with Gasteiger partial charge in [-0.25, -0.2) is 4.98 Å². The molecular formula is C8H8N4O. The SMILES string of the molecule is Cn1ccc(C(=O)c2ncc[nH]2)n1. The Kier molecular flexibility index (Phi) is 1.70. The minimum absolute atomic E-state index is 0.189. The van der Waals surface area contributed by atoms with Crippen LogP contribution in [0.2, 0.25) is 0 Å². The van der Waals surface area contributed by atoms with Crippen LogP contribution in [-0.4, -0.2) is 25.5 Å². The van der Waals surface area contributed by atoms with E-state index in [4.69, 9.17) is 0 Å². The molecule has 0 atom stereocenters. The molecule has 0 aliphatic carbocycles. The summed E-state index contributed by atoms with van der Waals surface area (Å²) >= 11 is 0. The molecule has 66 valence electrons. The molecule has 1 N–H and O–H groups in total. The highest BCUT2D eigenvalue weighted by molar-refractivity contribution is 6.04. The largest absolute Gasteiger partial charge is 0.342 e. The highest BCUT2D eigenvalue weighted by Gasteiger charge is 2.13. The lowest BCUT2D eigenvalue weighted by atomic mass is 10.3. The molecule has 0 unspecified atom stereocenters. The van der Waals surface area contributed by atoms with Crippen LogP contribution < -0.4 is 0 Å². The maximum absolute atomic E-state index is 11.6. The second kappa shape index (κ2) is 2.85. The van der Waals surface area contributed by atoms with Gasteiger partial charge in [-0.2, -0.15) is 5.10 Å². The summed E-state index contributed by atoms with van der Waals surface area (Å²) in [6, 6.07) is 1.66. The van der Waals surface area contributed by atoms with Gasteiger partial charge in [0.1, 0.15) is 5.69 Å². The molecule has 0 fully saturated rings. The first-order chi connectivity index (χ1) is 6.27. The maximum Gasteiger partial charge on any atom is 0.248 e. The number of imidazole rings is 1. The van der Waals surface area contributed by atoms with E-state index < -0.39 is 0 Å². The first-order valence-corrected chi connectivity index (χ1v) is 3.81. The van der Waals surface area contributed by atoms with Crippen molar-refractivity contribution in [3.63, 3.8) is 0 Å². The lowest BCUT2D eigenvalue weighted by molar-refractivity contribution is 0.102. The third-order valence-electron chi connectivity index (χ3n) is 1.66. The molecule has 5 nitrogen and oxygen atoms in total. The zero-order valence-electron chi connectivity index (χ0n) is 7.06. The molecule has 0 bridgehead atoms. The van der Waals surface area contributed by atoms with Crippen molar-refractivity contribution in [2.45, 2.75) is 0 Å². The van der Waals surface area contributed by atoms with Gasteiger partial charge in [0, 0.05) is 25.6 Å². The van der Waals surface area contributed by atoms with Gasteiger partial charge in [0.25, 0.3) is 0 Å². The minimum Gasteiger partial charge on any atom is -0.342 e. The van der Waals surface area contributed by atoms with E-state index in [1.165, 1.54) is 6.20 Å². The molecule has 0 spiro atoms. The third kappa shape index (κ3) is 1.35. The number of aromatic nitrogens is 4. The van der Waals surface area contributed by atoms with Crippen LogP contribution in [0.5, 0.6) is 0 Å². The number of rotatable bonds is 2. The summed E-state index contributed by atoms with van der Waals surface area (Å²) in [6.07, 6.45) is 4.86. The number of nitrogens with one attached hydrogen (secondary N) is 1. The van der Waals surface area contributed by atoms with Crippen molar-refractivity contribution < 1.29 is 4.79 Å².